The molecule has 0 radical (unpaired) electrons. The molecule has 6 heteroatoms. The second-order valence-corrected chi connectivity index (χ2v) is 4.68. The summed E-state index contributed by atoms with van der Waals surface area (Å²) >= 11 is 5.24. The highest BCUT2D eigenvalue weighted by Crippen LogP contribution is 2.20. The largest absolute Gasteiger partial charge is 0.247 e. The van der Waals surface area contributed by atoms with Crippen LogP contribution in [0, 0.1) is 9.65 Å². The first-order valence-electron chi connectivity index (χ1n) is 4.14. The first-order valence-corrected chi connectivity index (χ1v) is 6.02. The monoisotopic (exact) mass is 381 g/mol. The Morgan fingerprint density at radius 3 is 2.93 bits per heavy atom. The van der Waals surface area contributed by atoms with Crippen LogP contribution in [0.4, 0.5) is 4.39 Å². The van der Waals surface area contributed by atoms with Crippen LogP contribution in [0.5, 0.6) is 0 Å². The third-order valence-corrected chi connectivity index (χ3v) is 3.25. The number of aromatic nitrogens is 3. The van der Waals surface area contributed by atoms with Crippen molar-refractivity contribution >= 4 is 38.5 Å². The molecular formula is C9H6BrFIN3. The van der Waals surface area contributed by atoms with Crippen LogP contribution >= 0.6 is 38.5 Å². The third-order valence-electron chi connectivity index (χ3n) is 1.87. The van der Waals surface area contributed by atoms with E-state index < -0.39 is 0 Å². The summed E-state index contributed by atoms with van der Waals surface area (Å²) in [5, 5.41) is 4.13. The van der Waals surface area contributed by atoms with E-state index in [1.807, 2.05) is 28.7 Å². The minimum atomic E-state index is -0.262. The zero-order valence-corrected chi connectivity index (χ0v) is 11.2. The van der Waals surface area contributed by atoms with Crippen molar-refractivity contribution in [2.24, 2.45) is 0 Å². The fourth-order valence-electron chi connectivity index (χ4n) is 1.19. The summed E-state index contributed by atoms with van der Waals surface area (Å²) in [7, 11) is 0. The molecule has 0 amide bonds. The Bertz CT molecular complexity index is 486. The molecule has 0 fully saturated rings. The molecule has 0 spiro atoms. The minimum Gasteiger partial charge on any atom is -0.247 e. The van der Waals surface area contributed by atoms with Gasteiger partial charge in [0, 0.05) is 22.6 Å². The SMILES string of the molecule is Fc1cccc(Cn2cnc(I)n2)c1Br. The van der Waals surface area contributed by atoms with Crippen LogP contribution in [0.25, 0.3) is 0 Å². The average molecular weight is 382 g/mol. The van der Waals surface area contributed by atoms with E-state index in [4.69, 9.17) is 0 Å². The van der Waals surface area contributed by atoms with Crippen molar-refractivity contribution in [3.63, 3.8) is 0 Å². The number of rotatable bonds is 2. The van der Waals surface area contributed by atoms with Crippen LogP contribution in [0.2, 0.25) is 0 Å². The fraction of sp³-hybridized carbons (Fsp3) is 0.111. The quantitative estimate of drug-likeness (QED) is 0.749. The first-order chi connectivity index (χ1) is 7.16. The molecule has 15 heavy (non-hydrogen) atoms. The van der Waals surface area contributed by atoms with Crippen LogP contribution in [-0.4, -0.2) is 14.8 Å². The number of halogens is 3. The Morgan fingerprint density at radius 2 is 2.27 bits per heavy atom. The van der Waals surface area contributed by atoms with Gasteiger partial charge in [-0.2, -0.15) is 0 Å². The summed E-state index contributed by atoms with van der Waals surface area (Å²) < 4.78 is 16.0. The predicted octanol–water partition coefficient (Wildman–Crippen LogP) is 2.83. The van der Waals surface area contributed by atoms with Crippen molar-refractivity contribution in [3.05, 3.63) is 44.2 Å². The smallest absolute Gasteiger partial charge is 0.211 e. The van der Waals surface area contributed by atoms with Crippen molar-refractivity contribution in [1.29, 1.82) is 0 Å². The normalized spacial score (nSPS) is 10.6. The Kier molecular flexibility index (Phi) is 3.35. The van der Waals surface area contributed by atoms with Gasteiger partial charge in [0.15, 0.2) is 0 Å². The van der Waals surface area contributed by atoms with Crippen LogP contribution in [0.15, 0.2) is 29.0 Å². The summed E-state index contributed by atoms with van der Waals surface area (Å²) in [4.78, 5) is 3.99. The Labute approximate surface area is 108 Å². The molecule has 3 nitrogen and oxygen atoms in total. The highest BCUT2D eigenvalue weighted by molar-refractivity contribution is 14.1. The van der Waals surface area contributed by atoms with Crippen LogP contribution < -0.4 is 0 Å². The highest BCUT2D eigenvalue weighted by Gasteiger charge is 2.06. The lowest BCUT2D eigenvalue weighted by Gasteiger charge is -2.04. The Balaban J connectivity index is 2.28. The molecule has 0 atom stereocenters. The van der Waals surface area contributed by atoms with Gasteiger partial charge < -0.3 is 0 Å². The molecule has 1 heterocycles. The third kappa shape index (κ3) is 2.54. The molecule has 0 aliphatic heterocycles. The molecule has 2 aromatic rings. The van der Waals surface area contributed by atoms with Gasteiger partial charge in [-0.25, -0.2) is 14.1 Å². The van der Waals surface area contributed by atoms with Gasteiger partial charge in [0.2, 0.25) is 3.83 Å². The molecule has 78 valence electrons. The van der Waals surface area contributed by atoms with E-state index in [0.29, 0.717) is 14.8 Å². The molecular weight excluding hydrogens is 376 g/mol. The van der Waals surface area contributed by atoms with Crippen molar-refractivity contribution in [2.45, 2.75) is 6.54 Å². The average Bonchev–Trinajstić information content (AvgIpc) is 2.59. The van der Waals surface area contributed by atoms with Gasteiger partial charge in [-0.05, 0) is 27.6 Å². The molecule has 2 rings (SSSR count). The van der Waals surface area contributed by atoms with Gasteiger partial charge in [0.1, 0.15) is 12.1 Å². The van der Waals surface area contributed by atoms with E-state index in [1.165, 1.54) is 6.07 Å². The van der Waals surface area contributed by atoms with Crippen molar-refractivity contribution < 1.29 is 4.39 Å². The number of nitrogens with zero attached hydrogens (tertiary/aromatic N) is 3. The molecule has 1 aromatic heterocycles. The predicted molar refractivity (Wildman–Crippen MR) is 65.9 cm³/mol. The van der Waals surface area contributed by atoms with Crippen LogP contribution in [-0.2, 0) is 6.54 Å². The van der Waals surface area contributed by atoms with Crippen LogP contribution in [0.3, 0.4) is 0 Å². The molecule has 0 saturated carbocycles. The summed E-state index contributed by atoms with van der Waals surface area (Å²) in [6.07, 6.45) is 1.62. The molecule has 0 bridgehead atoms. The lowest BCUT2D eigenvalue weighted by Crippen LogP contribution is -2.02. The van der Waals surface area contributed by atoms with Gasteiger partial charge in [-0.1, -0.05) is 12.1 Å². The molecule has 0 N–H and O–H groups in total. The summed E-state index contributed by atoms with van der Waals surface area (Å²) in [5.41, 5.74) is 0.844. The zero-order chi connectivity index (χ0) is 10.8. The van der Waals surface area contributed by atoms with Crippen molar-refractivity contribution in [1.82, 2.24) is 14.8 Å². The fourth-order valence-corrected chi connectivity index (χ4v) is 1.98. The molecule has 0 unspecified atom stereocenters. The molecule has 0 saturated heterocycles. The summed E-state index contributed by atoms with van der Waals surface area (Å²) in [5.74, 6) is -0.262. The van der Waals surface area contributed by atoms with Gasteiger partial charge in [-0.3, -0.25) is 0 Å². The lowest BCUT2D eigenvalue weighted by molar-refractivity contribution is 0.610. The van der Waals surface area contributed by atoms with E-state index in [9.17, 15) is 4.39 Å². The second kappa shape index (κ2) is 4.56. The second-order valence-electron chi connectivity index (χ2n) is 2.92. The molecule has 0 aliphatic carbocycles. The molecule has 0 aliphatic rings. The molecule has 1 aromatic carbocycles. The number of hydrogen-bond acceptors (Lipinski definition) is 2. The van der Waals surface area contributed by atoms with E-state index in [2.05, 4.69) is 26.0 Å². The van der Waals surface area contributed by atoms with E-state index in [0.717, 1.165) is 5.56 Å². The highest BCUT2D eigenvalue weighted by atomic mass is 127. The number of hydrogen-bond donors (Lipinski definition) is 0. The van der Waals surface area contributed by atoms with Gasteiger partial charge in [-0.15, -0.1) is 5.10 Å². The Morgan fingerprint density at radius 1 is 1.47 bits per heavy atom. The maximum Gasteiger partial charge on any atom is 0.211 e. The van der Waals surface area contributed by atoms with Gasteiger partial charge in [0.25, 0.3) is 0 Å². The van der Waals surface area contributed by atoms with E-state index in [1.54, 1.807) is 17.1 Å². The van der Waals surface area contributed by atoms with Crippen molar-refractivity contribution in [3.8, 4) is 0 Å². The van der Waals surface area contributed by atoms with E-state index in [-0.39, 0.29) is 5.82 Å². The topological polar surface area (TPSA) is 30.7 Å². The number of benzene rings is 1. The van der Waals surface area contributed by atoms with Gasteiger partial charge in [0.05, 0.1) is 11.0 Å². The maximum atomic E-state index is 13.2. The van der Waals surface area contributed by atoms with Gasteiger partial charge >= 0.3 is 0 Å². The van der Waals surface area contributed by atoms with Crippen molar-refractivity contribution in [2.75, 3.05) is 0 Å². The summed E-state index contributed by atoms with van der Waals surface area (Å²) in [6.45, 7) is 0.508. The maximum absolute atomic E-state index is 13.2. The van der Waals surface area contributed by atoms with Crippen LogP contribution in [0.1, 0.15) is 5.56 Å². The standard InChI is InChI=1S/C9H6BrFIN3/c10-8-6(2-1-3-7(8)11)4-15-5-13-9(12)14-15/h1-3,5H,4H2. The van der Waals surface area contributed by atoms with E-state index >= 15 is 0 Å². The summed E-state index contributed by atoms with van der Waals surface area (Å²) in [6, 6.07) is 4.94. The lowest BCUT2D eigenvalue weighted by atomic mass is 10.2. The zero-order valence-electron chi connectivity index (χ0n) is 7.49. The Hall–Kier alpha value is -0.500. The first kappa shape index (κ1) is 11.0. The minimum absolute atomic E-state index is 0.262.